The van der Waals surface area contributed by atoms with E-state index in [-0.39, 0.29) is 5.91 Å². The molecule has 126 valence electrons. The zero-order valence-electron chi connectivity index (χ0n) is 13.7. The first-order chi connectivity index (χ1) is 12.3. The van der Waals surface area contributed by atoms with Gasteiger partial charge in [-0.25, -0.2) is 0 Å². The van der Waals surface area contributed by atoms with E-state index >= 15 is 0 Å². The van der Waals surface area contributed by atoms with Gasteiger partial charge in [0.2, 0.25) is 5.91 Å². The van der Waals surface area contributed by atoms with Gasteiger partial charge in [-0.05, 0) is 35.2 Å². The van der Waals surface area contributed by atoms with Gasteiger partial charge in [0.25, 0.3) is 0 Å². The van der Waals surface area contributed by atoms with Crippen molar-refractivity contribution in [3.63, 3.8) is 0 Å². The van der Waals surface area contributed by atoms with Gasteiger partial charge in [0.15, 0.2) is 0 Å². The first-order valence-electron chi connectivity index (χ1n) is 7.68. The fraction of sp³-hybridized carbons (Fsp3) is 0.105. The second-order valence-corrected chi connectivity index (χ2v) is 5.97. The minimum atomic E-state index is -0.183. The Hall–Kier alpha value is -2.99. The van der Waals surface area contributed by atoms with Gasteiger partial charge in [-0.3, -0.25) is 14.8 Å². The highest BCUT2D eigenvalue weighted by Crippen LogP contribution is 2.22. The zero-order chi connectivity index (χ0) is 17.5. The van der Waals surface area contributed by atoms with Crippen LogP contribution in [0.25, 0.3) is 17.3 Å². The number of hydrogen-bond acceptors (Lipinski definition) is 5. The molecule has 3 rings (SSSR count). The molecular formula is C19H17N3O2S. The molecule has 1 amide bonds. The van der Waals surface area contributed by atoms with Crippen LogP contribution in [0.1, 0.15) is 11.3 Å². The lowest BCUT2D eigenvalue weighted by Gasteiger charge is -2.06. The van der Waals surface area contributed by atoms with Crippen molar-refractivity contribution in [3.8, 4) is 17.0 Å². The summed E-state index contributed by atoms with van der Waals surface area (Å²) < 4.78 is 5.11. The number of amides is 1. The topological polar surface area (TPSA) is 64.1 Å². The Morgan fingerprint density at radius 1 is 1.20 bits per heavy atom. The first-order valence-corrected chi connectivity index (χ1v) is 8.63. The van der Waals surface area contributed by atoms with Crippen LogP contribution in [0.5, 0.6) is 5.75 Å². The predicted molar refractivity (Wildman–Crippen MR) is 99.2 cm³/mol. The van der Waals surface area contributed by atoms with E-state index in [1.165, 1.54) is 6.08 Å². The van der Waals surface area contributed by atoms with Gasteiger partial charge >= 0.3 is 0 Å². The third-order valence-electron chi connectivity index (χ3n) is 3.54. The molecule has 0 spiro atoms. The number of aromatic nitrogens is 2. The number of thiophene rings is 1. The molecule has 25 heavy (non-hydrogen) atoms. The van der Waals surface area contributed by atoms with Crippen LogP contribution in [0.2, 0.25) is 0 Å². The molecule has 0 bridgehead atoms. The Labute approximate surface area is 150 Å². The molecule has 2 aromatic heterocycles. The summed E-state index contributed by atoms with van der Waals surface area (Å²) in [6.45, 7) is 0.324. The smallest absolute Gasteiger partial charge is 0.244 e. The van der Waals surface area contributed by atoms with Gasteiger partial charge in [-0.2, -0.15) is 11.3 Å². The van der Waals surface area contributed by atoms with Crippen LogP contribution < -0.4 is 10.1 Å². The molecule has 6 heteroatoms. The Morgan fingerprint density at radius 2 is 2.00 bits per heavy atom. The van der Waals surface area contributed by atoms with E-state index in [0.717, 1.165) is 28.3 Å². The number of nitrogens with one attached hydrogen (secondary N) is 1. The van der Waals surface area contributed by atoms with E-state index in [1.807, 2.05) is 41.1 Å². The van der Waals surface area contributed by atoms with Gasteiger partial charge in [0.05, 0.1) is 25.0 Å². The summed E-state index contributed by atoms with van der Waals surface area (Å²) in [4.78, 5) is 20.7. The van der Waals surface area contributed by atoms with Gasteiger partial charge in [-0.1, -0.05) is 12.1 Å². The summed E-state index contributed by atoms with van der Waals surface area (Å²) in [6.07, 6.45) is 6.54. The number of nitrogens with zero attached hydrogens (tertiary/aromatic N) is 2. The summed E-state index contributed by atoms with van der Waals surface area (Å²) in [5, 5.41) is 6.85. The number of benzene rings is 1. The van der Waals surface area contributed by atoms with Gasteiger partial charge < -0.3 is 10.1 Å². The Bertz CT molecular complexity index is 859. The van der Waals surface area contributed by atoms with Crippen LogP contribution in [0.15, 0.2) is 59.6 Å². The van der Waals surface area contributed by atoms with Crippen molar-refractivity contribution >= 4 is 23.3 Å². The fourth-order valence-electron chi connectivity index (χ4n) is 2.25. The number of carbonyl (C=O) groups excluding carboxylic acids is 1. The first kappa shape index (κ1) is 16.9. The SMILES string of the molecule is COc1ccc(/C=C/C(=O)NCc2nccnc2-c2ccsc2)cc1. The minimum absolute atomic E-state index is 0.183. The summed E-state index contributed by atoms with van der Waals surface area (Å²) in [6, 6.07) is 9.47. The lowest BCUT2D eigenvalue weighted by atomic mass is 10.2. The van der Waals surface area contributed by atoms with E-state index in [0.29, 0.717) is 6.54 Å². The zero-order valence-corrected chi connectivity index (χ0v) is 14.5. The maximum Gasteiger partial charge on any atom is 0.244 e. The van der Waals surface area contributed by atoms with Crippen molar-refractivity contribution in [1.82, 2.24) is 15.3 Å². The lowest BCUT2D eigenvalue weighted by Crippen LogP contribution is -2.21. The quantitative estimate of drug-likeness (QED) is 0.690. The molecule has 5 nitrogen and oxygen atoms in total. The molecule has 0 unspecified atom stereocenters. The van der Waals surface area contributed by atoms with Crippen LogP contribution >= 0.6 is 11.3 Å². The largest absolute Gasteiger partial charge is 0.497 e. The maximum atomic E-state index is 12.0. The second-order valence-electron chi connectivity index (χ2n) is 5.19. The van der Waals surface area contributed by atoms with Gasteiger partial charge in [0, 0.05) is 29.4 Å². The average Bonchev–Trinajstić information content (AvgIpc) is 3.20. The molecule has 2 heterocycles. The van der Waals surface area contributed by atoms with Crippen LogP contribution in [0.4, 0.5) is 0 Å². The number of hydrogen-bond donors (Lipinski definition) is 1. The van der Waals surface area contributed by atoms with Crippen molar-refractivity contribution < 1.29 is 9.53 Å². The molecule has 0 radical (unpaired) electrons. The molecule has 0 aliphatic carbocycles. The fourth-order valence-corrected chi connectivity index (χ4v) is 2.89. The van der Waals surface area contributed by atoms with Crippen molar-refractivity contribution in [2.75, 3.05) is 7.11 Å². The number of ether oxygens (including phenoxy) is 1. The Balaban J connectivity index is 1.62. The van der Waals surface area contributed by atoms with E-state index in [9.17, 15) is 4.79 Å². The molecule has 0 saturated carbocycles. The third kappa shape index (κ3) is 4.51. The number of carbonyl (C=O) groups is 1. The van der Waals surface area contributed by atoms with Crippen LogP contribution in [0, 0.1) is 0 Å². The highest BCUT2D eigenvalue weighted by atomic mass is 32.1. The molecular weight excluding hydrogens is 334 g/mol. The van der Waals surface area contributed by atoms with Crippen LogP contribution in [-0.4, -0.2) is 23.0 Å². The average molecular weight is 351 g/mol. The van der Waals surface area contributed by atoms with Crippen molar-refractivity contribution in [3.05, 3.63) is 70.8 Å². The van der Waals surface area contributed by atoms with Crippen molar-refractivity contribution in [2.45, 2.75) is 6.54 Å². The molecule has 1 N–H and O–H groups in total. The monoisotopic (exact) mass is 351 g/mol. The van der Waals surface area contributed by atoms with E-state index in [4.69, 9.17) is 4.74 Å². The Kier molecular flexibility index (Phi) is 5.53. The number of rotatable bonds is 6. The van der Waals surface area contributed by atoms with E-state index < -0.39 is 0 Å². The molecule has 0 aliphatic rings. The minimum Gasteiger partial charge on any atom is -0.497 e. The molecule has 0 aliphatic heterocycles. The van der Waals surface area contributed by atoms with Gasteiger partial charge in [-0.15, -0.1) is 0 Å². The van der Waals surface area contributed by atoms with Crippen molar-refractivity contribution in [2.24, 2.45) is 0 Å². The van der Waals surface area contributed by atoms with Gasteiger partial charge in [0.1, 0.15) is 5.75 Å². The summed E-state index contributed by atoms with van der Waals surface area (Å²) in [5.74, 6) is 0.600. The predicted octanol–water partition coefficient (Wildman–Crippen LogP) is 3.54. The summed E-state index contributed by atoms with van der Waals surface area (Å²) in [7, 11) is 1.62. The molecule has 0 saturated heterocycles. The molecule has 3 aromatic rings. The normalized spacial score (nSPS) is 10.8. The molecule has 0 fully saturated rings. The van der Waals surface area contributed by atoms with E-state index in [1.54, 1.807) is 36.9 Å². The van der Waals surface area contributed by atoms with Crippen molar-refractivity contribution in [1.29, 1.82) is 0 Å². The second kappa shape index (κ2) is 8.21. The highest BCUT2D eigenvalue weighted by Gasteiger charge is 2.08. The van der Waals surface area contributed by atoms with Crippen LogP contribution in [0.3, 0.4) is 0 Å². The summed E-state index contributed by atoms with van der Waals surface area (Å²) >= 11 is 1.60. The lowest BCUT2D eigenvalue weighted by molar-refractivity contribution is -0.116. The number of methoxy groups -OCH3 is 1. The Morgan fingerprint density at radius 3 is 2.72 bits per heavy atom. The third-order valence-corrected chi connectivity index (χ3v) is 4.22. The summed E-state index contributed by atoms with van der Waals surface area (Å²) in [5.41, 5.74) is 3.47. The molecule has 1 aromatic carbocycles. The standard InChI is InChI=1S/C19H17N3O2S/c1-24-16-5-2-14(3-6-16)4-7-18(23)22-12-17-19(21-10-9-20-17)15-8-11-25-13-15/h2-11,13H,12H2,1H3,(H,22,23)/b7-4+. The van der Waals surface area contributed by atoms with E-state index in [2.05, 4.69) is 15.3 Å². The molecule has 0 atom stereocenters. The van der Waals surface area contributed by atoms with Crippen LogP contribution in [-0.2, 0) is 11.3 Å². The highest BCUT2D eigenvalue weighted by molar-refractivity contribution is 7.08. The maximum absolute atomic E-state index is 12.0.